The molecule has 1 amide bonds. The molecule has 1 aromatic rings. The fourth-order valence-electron chi connectivity index (χ4n) is 2.84. The van der Waals surface area contributed by atoms with Crippen molar-refractivity contribution in [1.82, 2.24) is 0 Å². The number of aliphatic hydroxyl groups is 3. The SMILES string of the molecule is CCC=[NH+]Cc1ccc(O[C@@H]2O[C@H](C(=O)O)[C@@H](O)[C@H](O)[C@H]2O)c(NC(=O)CCN)c1. The molecule has 11 heteroatoms. The predicted octanol–water partition coefficient (Wildman–Crippen LogP) is -2.69. The quantitative estimate of drug-likeness (QED) is 0.206. The summed E-state index contributed by atoms with van der Waals surface area (Å²) in [6, 6.07) is 4.87. The highest BCUT2D eigenvalue weighted by molar-refractivity contribution is 5.92. The Hall–Kier alpha value is -2.57. The summed E-state index contributed by atoms with van der Waals surface area (Å²) < 4.78 is 10.7. The highest BCUT2D eigenvalue weighted by atomic mass is 16.7. The van der Waals surface area contributed by atoms with Crippen LogP contribution >= 0.6 is 0 Å². The van der Waals surface area contributed by atoms with Gasteiger partial charge in [0, 0.05) is 24.9 Å². The third-order valence-corrected chi connectivity index (χ3v) is 4.40. The molecule has 8 N–H and O–H groups in total. The Morgan fingerprint density at radius 3 is 2.63 bits per heavy atom. The van der Waals surface area contributed by atoms with Gasteiger partial charge < -0.3 is 41.0 Å². The minimum atomic E-state index is -1.83. The lowest BCUT2D eigenvalue weighted by atomic mass is 9.99. The molecule has 1 aliphatic rings. The Balaban J connectivity index is 2.28. The fourth-order valence-corrected chi connectivity index (χ4v) is 2.84. The largest absolute Gasteiger partial charge is 0.479 e. The number of nitrogens with two attached hydrogens (primary N) is 1. The number of carboxylic acid groups (broad SMARTS) is 1. The maximum absolute atomic E-state index is 12.0. The van der Waals surface area contributed by atoms with Gasteiger partial charge in [0.15, 0.2) is 12.6 Å². The first-order valence-electron chi connectivity index (χ1n) is 9.55. The molecule has 0 aromatic heterocycles. The highest BCUT2D eigenvalue weighted by Crippen LogP contribution is 2.30. The molecule has 1 fully saturated rings. The van der Waals surface area contributed by atoms with Crippen LogP contribution in [0.15, 0.2) is 18.2 Å². The van der Waals surface area contributed by atoms with E-state index in [0.717, 1.165) is 12.0 Å². The minimum Gasteiger partial charge on any atom is -0.479 e. The van der Waals surface area contributed by atoms with Crippen molar-refractivity contribution in [2.75, 3.05) is 11.9 Å². The molecule has 0 radical (unpaired) electrons. The van der Waals surface area contributed by atoms with Gasteiger partial charge in [-0.15, -0.1) is 0 Å². The van der Waals surface area contributed by atoms with E-state index in [4.69, 9.17) is 20.3 Å². The Morgan fingerprint density at radius 2 is 2.00 bits per heavy atom. The molecule has 2 rings (SSSR count). The van der Waals surface area contributed by atoms with Crippen LogP contribution < -0.4 is 20.8 Å². The van der Waals surface area contributed by atoms with Crippen LogP contribution in [0.5, 0.6) is 5.75 Å². The monoisotopic (exact) mass is 426 g/mol. The van der Waals surface area contributed by atoms with E-state index < -0.39 is 36.7 Å². The molecule has 0 spiro atoms. The van der Waals surface area contributed by atoms with Crippen molar-refractivity contribution in [3.05, 3.63) is 23.8 Å². The van der Waals surface area contributed by atoms with Gasteiger partial charge in [-0.3, -0.25) is 4.79 Å². The molecule has 1 heterocycles. The lowest BCUT2D eigenvalue weighted by Crippen LogP contribution is -2.66. The van der Waals surface area contributed by atoms with Gasteiger partial charge in [0.2, 0.25) is 12.2 Å². The summed E-state index contributed by atoms with van der Waals surface area (Å²) in [5.41, 5.74) is 6.48. The summed E-state index contributed by atoms with van der Waals surface area (Å²) >= 11 is 0. The van der Waals surface area contributed by atoms with Gasteiger partial charge in [0.05, 0.1) is 5.69 Å². The van der Waals surface area contributed by atoms with Gasteiger partial charge in [-0.05, 0) is 18.2 Å². The summed E-state index contributed by atoms with van der Waals surface area (Å²) in [5, 5.41) is 41.7. The number of rotatable bonds is 9. The second kappa shape index (κ2) is 11.0. The van der Waals surface area contributed by atoms with E-state index in [9.17, 15) is 24.9 Å². The Labute approximate surface area is 173 Å². The first-order valence-corrected chi connectivity index (χ1v) is 9.55. The Bertz CT molecular complexity index is 772. The third-order valence-electron chi connectivity index (χ3n) is 4.40. The molecule has 0 aliphatic carbocycles. The average molecular weight is 426 g/mol. The van der Waals surface area contributed by atoms with Crippen molar-refractivity contribution < 1.29 is 44.5 Å². The summed E-state index contributed by atoms with van der Waals surface area (Å²) in [6.45, 7) is 2.61. The van der Waals surface area contributed by atoms with Gasteiger partial charge in [0.25, 0.3) is 0 Å². The minimum absolute atomic E-state index is 0.0695. The topological polar surface area (TPSA) is 186 Å². The number of aliphatic carboxylic acids is 1. The number of anilines is 1. The zero-order valence-corrected chi connectivity index (χ0v) is 16.5. The van der Waals surface area contributed by atoms with Crippen LogP contribution in [0.4, 0.5) is 5.69 Å². The molecule has 5 atom stereocenters. The average Bonchev–Trinajstić information content (AvgIpc) is 2.70. The van der Waals surface area contributed by atoms with Crippen molar-refractivity contribution in [2.24, 2.45) is 5.73 Å². The standard InChI is InChI=1S/C19H27N3O8/c1-2-7-21-9-10-3-4-12(11(8-10)22-13(23)5-6-20)29-19-16(26)14(24)15(25)17(30-19)18(27)28/h3-4,7-8,14-17,19,24-26H,2,5-6,9,20H2,1H3,(H,22,23)(H,27,28)/p+1/t14-,15-,16+,17-,19+/m0/s1. The second-order valence-electron chi connectivity index (χ2n) is 6.76. The van der Waals surface area contributed by atoms with Gasteiger partial charge in [-0.25, -0.2) is 9.79 Å². The van der Waals surface area contributed by atoms with Gasteiger partial charge >= 0.3 is 5.97 Å². The van der Waals surface area contributed by atoms with Gasteiger partial charge in [-0.1, -0.05) is 6.92 Å². The van der Waals surface area contributed by atoms with Crippen molar-refractivity contribution in [1.29, 1.82) is 0 Å². The summed E-state index contributed by atoms with van der Waals surface area (Å²) in [5.74, 6) is -1.80. The van der Waals surface area contributed by atoms with Crippen LogP contribution in [0.3, 0.4) is 0 Å². The number of carboxylic acids is 1. The number of carbonyl (C=O) groups excluding carboxylic acids is 1. The van der Waals surface area contributed by atoms with E-state index >= 15 is 0 Å². The van der Waals surface area contributed by atoms with Crippen molar-refractivity contribution in [3.8, 4) is 5.75 Å². The number of carbonyl (C=O) groups is 2. The first-order chi connectivity index (χ1) is 14.3. The van der Waals surface area contributed by atoms with Crippen LogP contribution in [0, 0.1) is 0 Å². The Kier molecular flexibility index (Phi) is 8.69. The highest BCUT2D eigenvalue weighted by Gasteiger charge is 2.48. The van der Waals surface area contributed by atoms with Crippen LogP contribution in [-0.4, -0.2) is 75.8 Å². The number of ether oxygens (including phenoxy) is 2. The number of hydrogen-bond acceptors (Lipinski definition) is 8. The normalized spacial score (nSPS) is 26.5. The van der Waals surface area contributed by atoms with Crippen molar-refractivity contribution in [2.45, 2.75) is 57.0 Å². The fraction of sp³-hybridized carbons (Fsp3) is 0.526. The molecule has 0 unspecified atom stereocenters. The zero-order chi connectivity index (χ0) is 22.3. The molecule has 166 valence electrons. The molecule has 0 bridgehead atoms. The van der Waals surface area contributed by atoms with E-state index in [1.165, 1.54) is 6.07 Å². The van der Waals surface area contributed by atoms with E-state index in [1.807, 2.05) is 13.1 Å². The number of hydrogen-bond donors (Lipinski definition) is 7. The lowest BCUT2D eigenvalue weighted by Gasteiger charge is -2.38. The van der Waals surface area contributed by atoms with Crippen molar-refractivity contribution in [3.63, 3.8) is 0 Å². The lowest BCUT2D eigenvalue weighted by molar-refractivity contribution is -0.471. The zero-order valence-electron chi connectivity index (χ0n) is 16.5. The number of nitrogens with one attached hydrogen (secondary N) is 2. The molecular weight excluding hydrogens is 398 g/mol. The van der Waals surface area contributed by atoms with Gasteiger partial charge in [-0.2, -0.15) is 0 Å². The van der Waals surface area contributed by atoms with Crippen molar-refractivity contribution >= 4 is 23.8 Å². The maximum atomic E-state index is 12.0. The van der Waals surface area contributed by atoms with Gasteiger partial charge in [0.1, 0.15) is 30.3 Å². The number of benzene rings is 1. The first kappa shape index (κ1) is 23.7. The summed E-state index contributed by atoms with van der Waals surface area (Å²) in [7, 11) is 0. The number of amides is 1. The van der Waals surface area contributed by atoms with Crippen LogP contribution in [0.1, 0.15) is 25.3 Å². The van der Waals surface area contributed by atoms with Crippen LogP contribution in [0.25, 0.3) is 0 Å². The molecule has 0 saturated carbocycles. The maximum Gasteiger partial charge on any atom is 0.335 e. The second-order valence-corrected chi connectivity index (χ2v) is 6.76. The summed E-state index contributed by atoms with van der Waals surface area (Å²) in [6.07, 6.45) is -5.95. The molecule has 30 heavy (non-hydrogen) atoms. The van der Waals surface area contributed by atoms with Crippen LogP contribution in [-0.2, 0) is 20.9 Å². The third kappa shape index (κ3) is 5.97. The molecule has 1 aliphatic heterocycles. The summed E-state index contributed by atoms with van der Waals surface area (Å²) in [4.78, 5) is 26.4. The molecule has 11 nitrogen and oxygen atoms in total. The van der Waals surface area contributed by atoms with E-state index in [2.05, 4.69) is 10.3 Å². The van der Waals surface area contributed by atoms with E-state index in [1.54, 1.807) is 12.1 Å². The molecule has 1 saturated heterocycles. The molecular formula is C19H28N3O8+. The Morgan fingerprint density at radius 1 is 1.27 bits per heavy atom. The smallest absolute Gasteiger partial charge is 0.335 e. The predicted molar refractivity (Wildman–Crippen MR) is 105 cm³/mol. The van der Waals surface area contributed by atoms with E-state index in [0.29, 0.717) is 6.54 Å². The molecule has 1 aromatic carbocycles. The number of aliphatic hydroxyl groups excluding tert-OH is 3. The van der Waals surface area contributed by atoms with Crippen LogP contribution in [0.2, 0.25) is 0 Å². The van der Waals surface area contributed by atoms with E-state index in [-0.39, 0.29) is 30.3 Å².